The van der Waals surface area contributed by atoms with E-state index in [0.29, 0.717) is 41.9 Å². The number of carbonyl (C=O) groups excluding carboxylic acids is 3. The lowest BCUT2D eigenvalue weighted by Crippen LogP contribution is -2.56. The van der Waals surface area contributed by atoms with Gasteiger partial charge in [0.05, 0.1) is 23.8 Å². The van der Waals surface area contributed by atoms with Crippen LogP contribution in [0.15, 0.2) is 67.3 Å². The van der Waals surface area contributed by atoms with Gasteiger partial charge in [0.15, 0.2) is 11.6 Å². The zero-order chi connectivity index (χ0) is 35.1. The minimum absolute atomic E-state index is 0.00142. The molecule has 12 nitrogen and oxygen atoms in total. The van der Waals surface area contributed by atoms with Gasteiger partial charge in [-0.2, -0.15) is 0 Å². The number of hydrogen-bond donors (Lipinski definition) is 2. The SMILES string of the molecule is CN(C)C(=O)c1ccc(CN2CCn3c(cnc3C(=O)NCc3ccc(C(=O)Nc4cn(C5CCN(C6CC6)CC5)cn4)cc3)C23CCC3)cc1. The zero-order valence-corrected chi connectivity index (χ0v) is 29.6. The summed E-state index contributed by atoms with van der Waals surface area (Å²) < 4.78 is 4.23. The summed E-state index contributed by atoms with van der Waals surface area (Å²) in [5.41, 5.74) is 4.24. The van der Waals surface area contributed by atoms with Gasteiger partial charge in [-0.1, -0.05) is 24.3 Å². The molecule has 0 bridgehead atoms. The lowest BCUT2D eigenvalue weighted by Gasteiger charge is -2.53. The van der Waals surface area contributed by atoms with Crippen LogP contribution in [0.2, 0.25) is 0 Å². The fourth-order valence-electron chi connectivity index (χ4n) is 8.11. The quantitative estimate of drug-likeness (QED) is 0.249. The molecule has 266 valence electrons. The number of hydrogen-bond acceptors (Lipinski definition) is 7. The van der Waals surface area contributed by atoms with Crippen LogP contribution in [-0.2, 0) is 25.2 Å². The van der Waals surface area contributed by atoms with Crippen molar-refractivity contribution in [1.82, 2.24) is 39.1 Å². The van der Waals surface area contributed by atoms with Gasteiger partial charge in [-0.25, -0.2) is 9.97 Å². The minimum Gasteiger partial charge on any atom is -0.345 e. The molecule has 2 aromatic heterocycles. The summed E-state index contributed by atoms with van der Waals surface area (Å²) in [5, 5.41) is 5.97. The molecule has 0 atom stereocenters. The highest BCUT2D eigenvalue weighted by Crippen LogP contribution is 2.49. The zero-order valence-electron chi connectivity index (χ0n) is 29.6. The van der Waals surface area contributed by atoms with E-state index in [1.54, 1.807) is 31.1 Å². The van der Waals surface area contributed by atoms with Crippen LogP contribution in [0.1, 0.15) is 99.1 Å². The summed E-state index contributed by atoms with van der Waals surface area (Å²) in [6.45, 7) is 4.86. The van der Waals surface area contributed by atoms with Crippen LogP contribution in [0.4, 0.5) is 5.82 Å². The highest BCUT2D eigenvalue weighted by atomic mass is 16.2. The van der Waals surface area contributed by atoms with Crippen LogP contribution in [0.25, 0.3) is 0 Å². The average molecular weight is 690 g/mol. The Balaban J connectivity index is 0.849. The number of anilines is 1. The number of carbonyl (C=O) groups is 3. The lowest BCUT2D eigenvalue weighted by atomic mass is 9.72. The molecular formula is C39H47N9O3. The maximum Gasteiger partial charge on any atom is 0.287 e. The third kappa shape index (κ3) is 6.70. The predicted molar refractivity (Wildman–Crippen MR) is 193 cm³/mol. The van der Waals surface area contributed by atoms with Crippen molar-refractivity contribution in [3.63, 3.8) is 0 Å². The Bertz CT molecular complexity index is 1900. The fourth-order valence-corrected chi connectivity index (χ4v) is 8.11. The standard InChI is InChI=1S/C39H47N9O3/c1-44(2)38(51)30-10-6-28(7-11-30)24-47-20-21-48-33(39(47)16-3-17-39)23-40-35(48)37(50)41-22-27-4-8-29(9-5-27)36(49)43-34-25-46(26-42-34)32-14-18-45(19-15-32)31-12-13-31/h4-11,23,25-26,31-32H,3,12-22,24H2,1-2H3,(H,41,50)(H,43,49). The Morgan fingerprint density at radius 2 is 1.53 bits per heavy atom. The molecule has 3 amide bonds. The molecule has 2 saturated carbocycles. The van der Waals surface area contributed by atoms with E-state index in [0.717, 1.165) is 81.1 Å². The van der Waals surface area contributed by atoms with Crippen LogP contribution < -0.4 is 10.6 Å². The summed E-state index contributed by atoms with van der Waals surface area (Å²) >= 11 is 0. The Morgan fingerprint density at radius 1 is 0.824 bits per heavy atom. The van der Waals surface area contributed by atoms with E-state index in [9.17, 15) is 14.4 Å². The van der Waals surface area contributed by atoms with Gasteiger partial charge in [-0.05, 0) is 80.3 Å². The Morgan fingerprint density at radius 3 is 2.20 bits per heavy atom. The van der Waals surface area contributed by atoms with Gasteiger partial charge in [0.2, 0.25) is 0 Å². The first kappa shape index (κ1) is 33.3. The van der Waals surface area contributed by atoms with Gasteiger partial charge in [0, 0.05) is 82.8 Å². The molecule has 2 aromatic carbocycles. The van der Waals surface area contributed by atoms with Crippen molar-refractivity contribution in [3.05, 3.63) is 101 Å². The van der Waals surface area contributed by atoms with Crippen LogP contribution >= 0.6 is 0 Å². The van der Waals surface area contributed by atoms with Crippen molar-refractivity contribution >= 4 is 23.5 Å². The molecule has 4 aromatic rings. The number of likely N-dealkylation sites (tertiary alicyclic amines) is 1. The molecule has 1 spiro atoms. The Labute approximate surface area is 298 Å². The smallest absolute Gasteiger partial charge is 0.287 e. The van der Waals surface area contributed by atoms with Crippen molar-refractivity contribution < 1.29 is 14.4 Å². The molecule has 4 heterocycles. The van der Waals surface area contributed by atoms with Crippen LogP contribution in [0, 0.1) is 0 Å². The number of nitrogens with one attached hydrogen (secondary N) is 2. The third-order valence-electron chi connectivity index (χ3n) is 11.4. The molecule has 8 rings (SSSR count). The van der Waals surface area contributed by atoms with Crippen molar-refractivity contribution in [1.29, 1.82) is 0 Å². The summed E-state index contributed by atoms with van der Waals surface area (Å²) in [7, 11) is 3.52. The van der Waals surface area contributed by atoms with E-state index in [4.69, 9.17) is 0 Å². The van der Waals surface area contributed by atoms with Crippen LogP contribution in [0.5, 0.6) is 0 Å². The average Bonchev–Trinajstić information content (AvgIpc) is 3.73. The number of nitrogens with zero attached hydrogens (tertiary/aromatic N) is 7. The van der Waals surface area contributed by atoms with E-state index in [1.165, 1.54) is 12.8 Å². The van der Waals surface area contributed by atoms with Gasteiger partial charge in [-0.15, -0.1) is 0 Å². The number of fused-ring (bicyclic) bond motifs is 2. The molecule has 12 heteroatoms. The Hall–Kier alpha value is -4.81. The van der Waals surface area contributed by atoms with Crippen LogP contribution in [0.3, 0.4) is 0 Å². The topological polar surface area (TPSA) is 121 Å². The monoisotopic (exact) mass is 689 g/mol. The first-order valence-electron chi connectivity index (χ1n) is 18.3. The van der Waals surface area contributed by atoms with Gasteiger partial charge in [0.1, 0.15) is 0 Å². The molecule has 3 fully saturated rings. The molecule has 2 N–H and O–H groups in total. The molecular weight excluding hydrogens is 642 g/mol. The molecule has 1 saturated heterocycles. The first-order valence-corrected chi connectivity index (χ1v) is 18.3. The van der Waals surface area contributed by atoms with Crippen molar-refractivity contribution in [3.8, 4) is 0 Å². The second-order valence-electron chi connectivity index (χ2n) is 14.9. The first-order chi connectivity index (χ1) is 24.8. The predicted octanol–water partition coefficient (Wildman–Crippen LogP) is 4.66. The molecule has 2 aliphatic carbocycles. The van der Waals surface area contributed by atoms with E-state index in [2.05, 4.69) is 39.5 Å². The number of benzene rings is 2. The molecule has 2 aliphatic heterocycles. The van der Waals surface area contributed by atoms with E-state index < -0.39 is 0 Å². The number of aromatic nitrogens is 4. The molecule has 0 radical (unpaired) electrons. The van der Waals surface area contributed by atoms with Crippen molar-refractivity contribution in [2.24, 2.45) is 0 Å². The number of amides is 3. The largest absolute Gasteiger partial charge is 0.345 e. The van der Waals surface area contributed by atoms with Gasteiger partial charge < -0.3 is 29.6 Å². The van der Waals surface area contributed by atoms with Gasteiger partial charge in [-0.3, -0.25) is 19.3 Å². The second-order valence-corrected chi connectivity index (χ2v) is 14.9. The number of rotatable bonds is 10. The normalized spacial score (nSPS) is 18.9. The summed E-state index contributed by atoms with van der Waals surface area (Å²) in [5.74, 6) is 0.576. The van der Waals surface area contributed by atoms with E-state index >= 15 is 0 Å². The third-order valence-corrected chi connectivity index (χ3v) is 11.4. The van der Waals surface area contributed by atoms with Crippen molar-refractivity contribution in [2.75, 3.05) is 39.0 Å². The van der Waals surface area contributed by atoms with Gasteiger partial charge >= 0.3 is 0 Å². The number of piperidine rings is 1. The summed E-state index contributed by atoms with van der Waals surface area (Å²) in [4.78, 5) is 54.5. The fraction of sp³-hybridized carbons (Fsp3) is 0.462. The van der Waals surface area contributed by atoms with Crippen molar-refractivity contribution in [2.45, 2.75) is 82.2 Å². The van der Waals surface area contributed by atoms with E-state index in [1.807, 2.05) is 55.1 Å². The second kappa shape index (κ2) is 13.7. The highest BCUT2D eigenvalue weighted by Gasteiger charge is 2.49. The summed E-state index contributed by atoms with van der Waals surface area (Å²) in [6.07, 6.45) is 13.7. The van der Waals surface area contributed by atoms with E-state index in [-0.39, 0.29) is 23.3 Å². The minimum atomic E-state index is -0.209. The lowest BCUT2D eigenvalue weighted by molar-refractivity contribution is -0.0217. The molecule has 0 unspecified atom stereocenters. The Kier molecular flexibility index (Phi) is 8.97. The molecule has 4 aliphatic rings. The van der Waals surface area contributed by atoms with Gasteiger partial charge in [0.25, 0.3) is 17.7 Å². The summed E-state index contributed by atoms with van der Waals surface area (Å²) in [6, 6.07) is 16.4. The maximum absolute atomic E-state index is 13.4. The number of imidazole rings is 2. The maximum atomic E-state index is 13.4. The van der Waals surface area contributed by atoms with Crippen LogP contribution in [-0.4, -0.2) is 91.3 Å². The highest BCUT2D eigenvalue weighted by molar-refractivity contribution is 6.03. The molecule has 51 heavy (non-hydrogen) atoms.